The van der Waals surface area contributed by atoms with Crippen molar-refractivity contribution >= 4 is 28.5 Å². The molecule has 0 spiro atoms. The van der Waals surface area contributed by atoms with Gasteiger partial charge in [-0.05, 0) is 25.6 Å². The van der Waals surface area contributed by atoms with E-state index in [1.165, 1.54) is 22.7 Å². The highest BCUT2D eigenvalue weighted by atomic mass is 32.1. The van der Waals surface area contributed by atoms with E-state index >= 15 is 0 Å². The second kappa shape index (κ2) is 4.86. The average Bonchev–Trinajstić information content (AvgIpc) is 2.87. The Morgan fingerprint density at radius 3 is 2.94 bits per heavy atom. The number of thiophene rings is 1. The third-order valence-corrected chi connectivity index (χ3v) is 4.01. The number of nitrogens with two attached hydrogens (primary N) is 1. The van der Waals surface area contributed by atoms with Crippen molar-refractivity contribution in [1.29, 1.82) is 0 Å². The van der Waals surface area contributed by atoms with Gasteiger partial charge in [0.15, 0.2) is 0 Å². The van der Waals surface area contributed by atoms with E-state index in [4.69, 9.17) is 5.73 Å². The zero-order valence-electron chi connectivity index (χ0n) is 8.90. The van der Waals surface area contributed by atoms with Gasteiger partial charge in [-0.3, -0.25) is 4.79 Å². The summed E-state index contributed by atoms with van der Waals surface area (Å²) in [7, 11) is 0. The maximum Gasteiger partial charge on any atom is 0.222 e. The number of carbonyl (C=O) groups excluding carboxylic acids is 1. The van der Waals surface area contributed by atoms with Gasteiger partial charge in [0, 0.05) is 16.7 Å². The normalized spacial score (nSPS) is 10.6. The van der Waals surface area contributed by atoms with Crippen LogP contribution in [0.25, 0.3) is 0 Å². The molecule has 0 aromatic carbocycles. The number of ketones is 1. The lowest BCUT2D eigenvalue weighted by atomic mass is 10.2. The van der Waals surface area contributed by atoms with E-state index in [-0.39, 0.29) is 5.78 Å². The first-order valence-electron chi connectivity index (χ1n) is 4.96. The van der Waals surface area contributed by atoms with Gasteiger partial charge in [-0.25, -0.2) is 4.98 Å². The zero-order chi connectivity index (χ0) is 11.5. The molecule has 84 valence electrons. The van der Waals surface area contributed by atoms with Gasteiger partial charge < -0.3 is 5.73 Å². The molecule has 0 aliphatic rings. The van der Waals surface area contributed by atoms with Crippen molar-refractivity contribution in [3.63, 3.8) is 0 Å². The first-order chi connectivity index (χ1) is 7.70. The topological polar surface area (TPSA) is 56.0 Å². The molecule has 0 amide bonds. The molecule has 2 aromatic heterocycles. The monoisotopic (exact) mass is 252 g/mol. The Bertz CT molecular complexity index is 502. The van der Waals surface area contributed by atoms with Crippen LogP contribution in [0.5, 0.6) is 0 Å². The van der Waals surface area contributed by atoms with Crippen LogP contribution in [0.1, 0.15) is 25.3 Å². The van der Waals surface area contributed by atoms with Gasteiger partial charge in [-0.1, -0.05) is 0 Å². The highest BCUT2D eigenvalue weighted by Gasteiger charge is 2.14. The van der Waals surface area contributed by atoms with Crippen molar-refractivity contribution in [3.05, 3.63) is 38.0 Å². The first kappa shape index (κ1) is 11.4. The van der Waals surface area contributed by atoms with Crippen LogP contribution < -0.4 is 5.73 Å². The predicted octanol–water partition coefficient (Wildman–Crippen LogP) is 2.25. The Balaban J connectivity index is 2.20. The summed E-state index contributed by atoms with van der Waals surface area (Å²) in [6, 6.07) is 3.80. The molecule has 2 N–H and O–H groups in total. The number of rotatable bonds is 4. The Labute approximate surface area is 102 Å². The molecule has 3 nitrogen and oxygen atoms in total. The molecule has 0 radical (unpaired) electrons. The van der Waals surface area contributed by atoms with Gasteiger partial charge in [0.05, 0.1) is 9.88 Å². The predicted molar refractivity (Wildman–Crippen MR) is 67.4 cm³/mol. The molecule has 16 heavy (non-hydrogen) atoms. The minimum Gasteiger partial charge on any atom is -0.330 e. The van der Waals surface area contributed by atoms with E-state index in [9.17, 15) is 4.79 Å². The fourth-order valence-corrected chi connectivity index (χ4v) is 2.95. The quantitative estimate of drug-likeness (QED) is 0.849. The molecule has 0 aliphatic carbocycles. The molecule has 2 heterocycles. The van der Waals surface area contributed by atoms with Crippen LogP contribution in [-0.2, 0) is 6.42 Å². The number of nitrogens with zero attached hydrogens (tertiary/aromatic N) is 1. The van der Waals surface area contributed by atoms with Crippen LogP contribution in [0.15, 0.2) is 17.5 Å². The average molecular weight is 252 g/mol. The first-order valence-corrected chi connectivity index (χ1v) is 6.66. The van der Waals surface area contributed by atoms with Crippen molar-refractivity contribution in [1.82, 2.24) is 4.98 Å². The summed E-state index contributed by atoms with van der Waals surface area (Å²) in [5.41, 5.74) is 5.98. The van der Waals surface area contributed by atoms with Crippen molar-refractivity contribution in [3.8, 4) is 0 Å². The Morgan fingerprint density at radius 1 is 1.50 bits per heavy atom. The maximum atomic E-state index is 12.0. The third kappa shape index (κ3) is 2.37. The van der Waals surface area contributed by atoms with E-state index in [1.807, 2.05) is 24.4 Å². The summed E-state index contributed by atoms with van der Waals surface area (Å²) in [4.78, 5) is 18.2. The summed E-state index contributed by atoms with van der Waals surface area (Å²) in [6.45, 7) is 2.56. The number of carbonyl (C=O) groups is 1. The minimum absolute atomic E-state index is 0.0117. The summed E-state index contributed by atoms with van der Waals surface area (Å²) in [5.74, 6) is 0.0117. The van der Waals surface area contributed by atoms with Crippen molar-refractivity contribution in [2.75, 3.05) is 6.54 Å². The smallest absolute Gasteiger partial charge is 0.222 e. The highest BCUT2D eigenvalue weighted by molar-refractivity contribution is 7.14. The Kier molecular flexibility index (Phi) is 3.48. The van der Waals surface area contributed by atoms with Gasteiger partial charge in [-0.2, -0.15) is 0 Å². The van der Waals surface area contributed by atoms with Crippen LogP contribution in [0.4, 0.5) is 0 Å². The Morgan fingerprint density at radius 2 is 2.31 bits per heavy atom. The zero-order valence-corrected chi connectivity index (χ0v) is 10.5. The lowest BCUT2D eigenvalue weighted by Gasteiger charge is -1.91. The van der Waals surface area contributed by atoms with E-state index in [0.29, 0.717) is 12.2 Å². The second-order valence-electron chi connectivity index (χ2n) is 3.40. The van der Waals surface area contributed by atoms with E-state index in [0.717, 1.165) is 21.2 Å². The SMILES string of the molecule is Cc1ccc(C(=O)c2csc(CCN)n2)s1. The summed E-state index contributed by atoms with van der Waals surface area (Å²) in [6.07, 6.45) is 0.738. The number of hydrogen-bond donors (Lipinski definition) is 1. The van der Waals surface area contributed by atoms with Gasteiger partial charge in [-0.15, -0.1) is 22.7 Å². The number of thiazole rings is 1. The van der Waals surface area contributed by atoms with E-state index in [1.54, 1.807) is 0 Å². The van der Waals surface area contributed by atoms with Gasteiger partial charge in [0.1, 0.15) is 5.69 Å². The molecule has 0 unspecified atom stereocenters. The molecule has 0 saturated heterocycles. The van der Waals surface area contributed by atoms with Crippen LogP contribution in [0, 0.1) is 6.92 Å². The molecule has 0 aliphatic heterocycles. The molecule has 0 fully saturated rings. The summed E-state index contributed by atoms with van der Waals surface area (Å²) < 4.78 is 0. The number of aromatic nitrogens is 1. The standard InChI is InChI=1S/C11H12N2OS2/c1-7-2-3-9(16-7)11(14)8-6-15-10(13-8)4-5-12/h2-3,6H,4-5,12H2,1H3. The van der Waals surface area contributed by atoms with Gasteiger partial charge in [0.2, 0.25) is 5.78 Å². The van der Waals surface area contributed by atoms with Crippen molar-refractivity contribution in [2.24, 2.45) is 5.73 Å². The molecular formula is C11H12N2OS2. The highest BCUT2D eigenvalue weighted by Crippen LogP contribution is 2.20. The minimum atomic E-state index is 0.0117. The molecular weight excluding hydrogens is 240 g/mol. The molecule has 0 bridgehead atoms. The second-order valence-corrected chi connectivity index (χ2v) is 5.64. The molecule has 2 aromatic rings. The lowest BCUT2D eigenvalue weighted by Crippen LogP contribution is -2.04. The van der Waals surface area contributed by atoms with E-state index < -0.39 is 0 Å². The van der Waals surface area contributed by atoms with Crippen LogP contribution in [-0.4, -0.2) is 17.3 Å². The summed E-state index contributed by atoms with van der Waals surface area (Å²) in [5, 5.41) is 2.74. The van der Waals surface area contributed by atoms with E-state index in [2.05, 4.69) is 4.98 Å². The summed E-state index contributed by atoms with van der Waals surface area (Å²) >= 11 is 3.00. The molecule has 2 rings (SSSR count). The van der Waals surface area contributed by atoms with Gasteiger partial charge in [0.25, 0.3) is 0 Å². The Hall–Kier alpha value is -1.04. The number of aryl methyl sites for hydroxylation is 1. The largest absolute Gasteiger partial charge is 0.330 e. The molecule has 0 saturated carbocycles. The van der Waals surface area contributed by atoms with Crippen molar-refractivity contribution in [2.45, 2.75) is 13.3 Å². The van der Waals surface area contributed by atoms with Gasteiger partial charge >= 0.3 is 0 Å². The van der Waals surface area contributed by atoms with Crippen LogP contribution >= 0.6 is 22.7 Å². The van der Waals surface area contributed by atoms with Crippen LogP contribution in [0.2, 0.25) is 0 Å². The van der Waals surface area contributed by atoms with Crippen LogP contribution in [0.3, 0.4) is 0 Å². The van der Waals surface area contributed by atoms with Crippen molar-refractivity contribution < 1.29 is 4.79 Å². The third-order valence-electron chi connectivity index (χ3n) is 2.11. The molecule has 5 heteroatoms. The fraction of sp³-hybridized carbons (Fsp3) is 0.273. The maximum absolute atomic E-state index is 12.0. The lowest BCUT2D eigenvalue weighted by molar-refractivity contribution is 0.103. The number of hydrogen-bond acceptors (Lipinski definition) is 5. The fourth-order valence-electron chi connectivity index (χ4n) is 1.34. The molecule has 0 atom stereocenters.